The summed E-state index contributed by atoms with van der Waals surface area (Å²) in [5, 5.41) is 0. The summed E-state index contributed by atoms with van der Waals surface area (Å²) in [7, 11) is -3.59. The quantitative estimate of drug-likeness (QED) is 0.786. The van der Waals surface area contributed by atoms with Gasteiger partial charge in [0.1, 0.15) is 0 Å². The highest BCUT2D eigenvalue weighted by Crippen LogP contribution is 2.25. The number of ketones is 1. The van der Waals surface area contributed by atoms with E-state index in [1.807, 2.05) is 13.8 Å². The van der Waals surface area contributed by atoms with Gasteiger partial charge in [-0.25, -0.2) is 13.1 Å². The molecule has 0 spiro atoms. The van der Waals surface area contributed by atoms with Gasteiger partial charge in [-0.1, -0.05) is 46.8 Å². The lowest BCUT2D eigenvalue weighted by molar-refractivity contribution is 0.0988. The summed E-state index contributed by atoms with van der Waals surface area (Å²) in [6, 6.07) is 6.20. The van der Waals surface area contributed by atoms with Gasteiger partial charge in [0, 0.05) is 18.5 Å². The maximum atomic E-state index is 12.3. The number of benzene rings is 1. The van der Waals surface area contributed by atoms with E-state index in [4.69, 9.17) is 0 Å². The third-order valence-corrected chi connectivity index (χ3v) is 5.47. The van der Waals surface area contributed by atoms with E-state index in [9.17, 15) is 13.2 Å². The molecule has 0 aromatic heterocycles. The fraction of sp³-hybridized carbons (Fsp3) is 0.562. The zero-order valence-electron chi connectivity index (χ0n) is 13.4. The van der Waals surface area contributed by atoms with E-state index in [0.717, 1.165) is 0 Å². The summed E-state index contributed by atoms with van der Waals surface area (Å²) in [5.41, 5.74) is 0.299. The first-order valence-corrected chi connectivity index (χ1v) is 8.71. The Bertz CT molecular complexity index is 604. The van der Waals surface area contributed by atoms with Crippen molar-refractivity contribution in [2.45, 2.75) is 45.9 Å². The number of rotatable bonds is 7. The summed E-state index contributed by atoms with van der Waals surface area (Å²) in [5.74, 6) is 0.294. The number of hydrogen-bond donors (Lipinski definition) is 1. The van der Waals surface area contributed by atoms with Gasteiger partial charge in [-0.2, -0.15) is 0 Å². The fourth-order valence-electron chi connectivity index (χ4n) is 1.61. The molecule has 0 radical (unpaired) electrons. The average molecular weight is 311 g/mol. The Balaban J connectivity index is 2.96. The zero-order valence-corrected chi connectivity index (χ0v) is 14.3. The molecular formula is C16H25NO3S. The van der Waals surface area contributed by atoms with Crippen molar-refractivity contribution < 1.29 is 13.2 Å². The molecule has 21 heavy (non-hydrogen) atoms. The summed E-state index contributed by atoms with van der Waals surface area (Å²) in [6.07, 6.45) is 0.358. The van der Waals surface area contributed by atoms with Crippen molar-refractivity contribution in [1.29, 1.82) is 0 Å². The molecule has 0 heterocycles. The van der Waals surface area contributed by atoms with Crippen molar-refractivity contribution >= 4 is 15.8 Å². The van der Waals surface area contributed by atoms with Crippen LogP contribution in [0.25, 0.3) is 0 Å². The van der Waals surface area contributed by atoms with E-state index in [0.29, 0.717) is 24.4 Å². The first kappa shape index (κ1) is 17.9. The molecule has 5 heteroatoms. The van der Waals surface area contributed by atoms with Crippen LogP contribution in [-0.2, 0) is 10.0 Å². The van der Waals surface area contributed by atoms with Crippen LogP contribution in [0.15, 0.2) is 29.2 Å². The number of carbonyl (C=O) groups is 1. The highest BCUT2D eigenvalue weighted by molar-refractivity contribution is 7.89. The Kier molecular flexibility index (Phi) is 5.70. The third kappa shape index (κ3) is 4.64. The van der Waals surface area contributed by atoms with E-state index in [1.54, 1.807) is 19.1 Å². The monoisotopic (exact) mass is 311 g/mol. The molecule has 1 N–H and O–H groups in total. The minimum Gasteiger partial charge on any atom is -0.294 e. The van der Waals surface area contributed by atoms with E-state index in [2.05, 4.69) is 18.6 Å². The minimum absolute atomic E-state index is 0.0606. The van der Waals surface area contributed by atoms with Gasteiger partial charge in [-0.3, -0.25) is 4.79 Å². The van der Waals surface area contributed by atoms with Gasteiger partial charge in [0.15, 0.2) is 5.78 Å². The zero-order chi connectivity index (χ0) is 16.3. The molecule has 0 unspecified atom stereocenters. The van der Waals surface area contributed by atoms with Gasteiger partial charge in [0.2, 0.25) is 10.0 Å². The lowest BCUT2D eigenvalue weighted by Gasteiger charge is -2.29. The molecule has 1 aromatic rings. The first-order valence-electron chi connectivity index (χ1n) is 7.23. The van der Waals surface area contributed by atoms with Crippen molar-refractivity contribution in [3.63, 3.8) is 0 Å². The lowest BCUT2D eigenvalue weighted by atomic mass is 9.81. The Hall–Kier alpha value is -1.20. The van der Waals surface area contributed by atoms with Crippen molar-refractivity contribution in [1.82, 2.24) is 4.72 Å². The van der Waals surface area contributed by atoms with Gasteiger partial charge >= 0.3 is 0 Å². The van der Waals surface area contributed by atoms with E-state index >= 15 is 0 Å². The van der Waals surface area contributed by atoms with Crippen LogP contribution >= 0.6 is 0 Å². The molecule has 118 valence electrons. The molecule has 0 bridgehead atoms. The Morgan fingerprint density at radius 2 is 1.90 bits per heavy atom. The molecule has 0 atom stereocenters. The number of carbonyl (C=O) groups excluding carboxylic acids is 1. The Morgan fingerprint density at radius 1 is 1.29 bits per heavy atom. The molecule has 4 nitrogen and oxygen atoms in total. The van der Waals surface area contributed by atoms with Crippen LogP contribution < -0.4 is 4.72 Å². The lowest BCUT2D eigenvalue weighted by Crippen LogP contribution is -2.37. The van der Waals surface area contributed by atoms with Gasteiger partial charge in [-0.05, 0) is 23.5 Å². The Morgan fingerprint density at radius 3 is 2.43 bits per heavy atom. The topological polar surface area (TPSA) is 63.2 Å². The number of nitrogens with one attached hydrogen (secondary N) is 1. The summed E-state index contributed by atoms with van der Waals surface area (Å²) < 4.78 is 27.3. The molecule has 0 fully saturated rings. The van der Waals surface area contributed by atoms with Gasteiger partial charge in [-0.15, -0.1) is 0 Å². The molecule has 1 aromatic carbocycles. The molecule has 0 aliphatic carbocycles. The van der Waals surface area contributed by atoms with Crippen LogP contribution in [-0.4, -0.2) is 20.7 Å². The highest BCUT2D eigenvalue weighted by atomic mass is 32.2. The predicted octanol–water partition coefficient (Wildman–Crippen LogP) is 3.24. The average Bonchev–Trinajstić information content (AvgIpc) is 2.44. The van der Waals surface area contributed by atoms with E-state index in [1.165, 1.54) is 12.1 Å². The second-order valence-electron chi connectivity index (χ2n) is 6.27. The maximum absolute atomic E-state index is 12.3. The third-order valence-electron chi connectivity index (χ3n) is 4.07. The molecule has 0 saturated carbocycles. The molecule has 0 amide bonds. The van der Waals surface area contributed by atoms with Crippen molar-refractivity contribution in [3.8, 4) is 0 Å². The molecule has 1 rings (SSSR count). The molecule has 0 aliphatic rings. The van der Waals surface area contributed by atoms with Crippen LogP contribution in [0, 0.1) is 11.3 Å². The largest absolute Gasteiger partial charge is 0.294 e. The van der Waals surface area contributed by atoms with Crippen molar-refractivity contribution in [3.05, 3.63) is 29.8 Å². The smallest absolute Gasteiger partial charge is 0.240 e. The predicted molar refractivity (Wildman–Crippen MR) is 84.9 cm³/mol. The van der Waals surface area contributed by atoms with Gasteiger partial charge in [0.25, 0.3) is 0 Å². The minimum atomic E-state index is -3.59. The second-order valence-corrected chi connectivity index (χ2v) is 8.04. The Labute approximate surface area is 128 Å². The molecular weight excluding hydrogens is 286 g/mol. The molecule has 0 saturated heterocycles. The normalized spacial score (nSPS) is 12.7. The number of Topliss-reactive ketones (excluding diaryl/α,β-unsaturated/α-hetero) is 1. The van der Waals surface area contributed by atoms with Gasteiger partial charge < -0.3 is 0 Å². The summed E-state index contributed by atoms with van der Waals surface area (Å²) >= 11 is 0. The first-order chi connectivity index (χ1) is 9.60. The van der Waals surface area contributed by atoms with Crippen LogP contribution in [0.2, 0.25) is 0 Å². The maximum Gasteiger partial charge on any atom is 0.240 e. The standard InChI is InChI=1S/C16H25NO3S/c1-6-15(18)13-8-7-9-14(10-13)21(19,20)17-11-16(4,5)12(2)3/h7-10,12,17H,6,11H2,1-5H3. The highest BCUT2D eigenvalue weighted by Gasteiger charge is 2.25. The van der Waals surface area contributed by atoms with Crippen molar-refractivity contribution in [2.75, 3.05) is 6.54 Å². The van der Waals surface area contributed by atoms with Crippen molar-refractivity contribution in [2.24, 2.45) is 11.3 Å². The SMILES string of the molecule is CCC(=O)c1cccc(S(=O)(=O)NCC(C)(C)C(C)C)c1. The summed E-state index contributed by atoms with van der Waals surface area (Å²) in [6.45, 7) is 10.3. The van der Waals surface area contributed by atoms with Crippen LogP contribution in [0.4, 0.5) is 0 Å². The van der Waals surface area contributed by atoms with Gasteiger partial charge in [0.05, 0.1) is 4.90 Å². The molecule has 0 aliphatic heterocycles. The van der Waals surface area contributed by atoms with Crippen LogP contribution in [0.3, 0.4) is 0 Å². The van der Waals surface area contributed by atoms with E-state index < -0.39 is 10.0 Å². The summed E-state index contributed by atoms with van der Waals surface area (Å²) in [4.78, 5) is 11.8. The fourth-order valence-corrected chi connectivity index (χ4v) is 2.88. The number of sulfonamides is 1. The number of hydrogen-bond acceptors (Lipinski definition) is 3. The second kappa shape index (κ2) is 6.71. The van der Waals surface area contributed by atoms with Crippen LogP contribution in [0.5, 0.6) is 0 Å². The van der Waals surface area contributed by atoms with Crippen LogP contribution in [0.1, 0.15) is 51.4 Å². The van der Waals surface area contributed by atoms with E-state index in [-0.39, 0.29) is 16.1 Å².